The number of hydrogen-bond acceptors (Lipinski definition) is 7. The molecule has 3 saturated heterocycles. The highest BCUT2D eigenvalue weighted by molar-refractivity contribution is 6.36. The van der Waals surface area contributed by atoms with E-state index in [2.05, 4.69) is 26.4 Å². The van der Waals surface area contributed by atoms with E-state index in [9.17, 15) is 9.18 Å². The third kappa shape index (κ3) is 5.06. The van der Waals surface area contributed by atoms with Gasteiger partial charge < -0.3 is 14.5 Å². The number of likely N-dealkylation sites (tertiary alicyclic amines) is 1. The Kier molecular flexibility index (Phi) is 7.36. The van der Waals surface area contributed by atoms with Gasteiger partial charge in [-0.1, -0.05) is 42.4 Å². The summed E-state index contributed by atoms with van der Waals surface area (Å²) < 4.78 is 53.0. The molecule has 2 aromatic heterocycles. The van der Waals surface area contributed by atoms with E-state index < -0.39 is 17.3 Å². The van der Waals surface area contributed by atoms with Crippen molar-refractivity contribution in [2.75, 3.05) is 51.3 Å². The largest absolute Gasteiger partial charge is 0.461 e. The Bertz CT molecular complexity index is 1840. The molecule has 8 nitrogen and oxygen atoms in total. The van der Waals surface area contributed by atoms with E-state index in [0.29, 0.717) is 22.9 Å². The average molecular weight is 637 g/mol. The van der Waals surface area contributed by atoms with Gasteiger partial charge in [-0.15, -0.1) is 0 Å². The number of pyridine rings is 1. The molecule has 12 heteroatoms. The Morgan fingerprint density at radius 2 is 1.91 bits per heavy atom. The number of ether oxygens (including phenoxy) is 1. The van der Waals surface area contributed by atoms with E-state index in [-0.39, 0.29) is 64.5 Å². The zero-order valence-electron chi connectivity index (χ0n) is 24.8. The predicted octanol–water partition coefficient (Wildman–Crippen LogP) is 5.96. The molecule has 3 aliphatic rings. The van der Waals surface area contributed by atoms with Crippen LogP contribution in [0.25, 0.3) is 32.9 Å². The summed E-state index contributed by atoms with van der Waals surface area (Å²) in [6.45, 7) is 5.54. The van der Waals surface area contributed by atoms with Crippen LogP contribution in [0.15, 0.2) is 49.2 Å². The minimum absolute atomic E-state index is 0.0273. The molecule has 5 heterocycles. The summed E-state index contributed by atoms with van der Waals surface area (Å²) in [5.74, 6) is -1.48. The highest BCUT2D eigenvalue weighted by Crippen LogP contribution is 2.41. The van der Waals surface area contributed by atoms with Crippen molar-refractivity contribution in [3.63, 3.8) is 0 Å². The number of rotatable bonds is 8. The van der Waals surface area contributed by atoms with Crippen molar-refractivity contribution in [1.29, 1.82) is 0 Å². The second kappa shape index (κ2) is 11.1. The van der Waals surface area contributed by atoms with Crippen LogP contribution in [0.2, 0.25) is 5.02 Å². The van der Waals surface area contributed by atoms with Gasteiger partial charge >= 0.3 is 6.01 Å². The van der Waals surface area contributed by atoms with E-state index >= 15 is 8.78 Å². The van der Waals surface area contributed by atoms with E-state index in [1.54, 1.807) is 36.2 Å². The van der Waals surface area contributed by atoms with Gasteiger partial charge in [0.1, 0.15) is 29.5 Å². The molecule has 1 amide bonds. The Balaban J connectivity index is 1.30. The van der Waals surface area contributed by atoms with Crippen LogP contribution in [0, 0.1) is 11.6 Å². The van der Waals surface area contributed by atoms with E-state index in [0.717, 1.165) is 44.8 Å². The summed E-state index contributed by atoms with van der Waals surface area (Å²) >= 11 is 6.36. The van der Waals surface area contributed by atoms with Crippen molar-refractivity contribution in [2.45, 2.75) is 36.9 Å². The molecule has 2 aromatic carbocycles. The number of aromatic nitrogens is 3. The van der Waals surface area contributed by atoms with E-state index in [4.69, 9.17) is 16.3 Å². The Morgan fingerprint density at radius 3 is 2.64 bits per heavy atom. The highest BCUT2D eigenvalue weighted by atomic mass is 35.5. The first-order valence-corrected chi connectivity index (χ1v) is 15.4. The molecule has 0 radical (unpaired) electrons. The second-order valence-electron chi connectivity index (χ2n) is 12.4. The third-order valence-electron chi connectivity index (χ3n) is 9.43. The molecule has 0 unspecified atom stereocenters. The average Bonchev–Trinajstić information content (AvgIpc) is 3.61. The van der Waals surface area contributed by atoms with Gasteiger partial charge in [-0.25, -0.2) is 13.2 Å². The number of anilines is 1. The third-order valence-corrected chi connectivity index (χ3v) is 9.80. The fourth-order valence-corrected chi connectivity index (χ4v) is 7.53. The molecule has 0 atom stereocenters. The van der Waals surface area contributed by atoms with Crippen LogP contribution in [0.4, 0.5) is 19.0 Å². The lowest BCUT2D eigenvalue weighted by Gasteiger charge is -2.45. The molecule has 0 aliphatic carbocycles. The normalized spacial score (nSPS) is 18.6. The highest BCUT2D eigenvalue weighted by Gasteiger charge is 2.47. The lowest BCUT2D eigenvalue weighted by Crippen LogP contribution is -2.64. The quantitative estimate of drug-likeness (QED) is 0.221. The topological polar surface area (TPSA) is 74.7 Å². The molecule has 0 spiro atoms. The van der Waals surface area contributed by atoms with Crippen LogP contribution in [0.3, 0.4) is 0 Å². The first kappa shape index (κ1) is 29.7. The number of benzene rings is 2. The Morgan fingerprint density at radius 1 is 1.16 bits per heavy atom. The molecular formula is C33H32ClF3N6O2. The summed E-state index contributed by atoms with van der Waals surface area (Å²) in [6.07, 6.45) is 6.75. The van der Waals surface area contributed by atoms with Crippen LogP contribution < -0.4 is 9.64 Å². The zero-order valence-corrected chi connectivity index (χ0v) is 25.6. The van der Waals surface area contributed by atoms with Gasteiger partial charge in [0.05, 0.1) is 35.6 Å². The number of nitrogens with zero attached hydrogens (tertiary/aromatic N) is 6. The minimum Gasteiger partial charge on any atom is -0.461 e. The van der Waals surface area contributed by atoms with Crippen molar-refractivity contribution >= 4 is 45.0 Å². The first-order chi connectivity index (χ1) is 21.6. The van der Waals surface area contributed by atoms with Crippen LogP contribution in [-0.4, -0.2) is 88.2 Å². The van der Waals surface area contributed by atoms with Gasteiger partial charge in [-0.3, -0.25) is 14.7 Å². The maximum Gasteiger partial charge on any atom is 0.319 e. The van der Waals surface area contributed by atoms with Crippen molar-refractivity contribution in [1.82, 2.24) is 24.8 Å². The first-order valence-electron chi connectivity index (χ1n) is 15.0. The van der Waals surface area contributed by atoms with Gasteiger partial charge in [-0.05, 0) is 56.3 Å². The number of amides is 1. The molecule has 3 fully saturated rings. The summed E-state index contributed by atoms with van der Waals surface area (Å²) in [5.41, 5.74) is -1.62. The monoisotopic (exact) mass is 636 g/mol. The van der Waals surface area contributed by atoms with Crippen LogP contribution in [0.1, 0.15) is 25.7 Å². The zero-order chi connectivity index (χ0) is 31.5. The molecule has 0 bridgehead atoms. The molecule has 7 rings (SSSR count). The minimum atomic E-state index is -1.70. The Labute approximate surface area is 263 Å². The smallest absolute Gasteiger partial charge is 0.319 e. The fraction of sp³-hybridized carbons (Fsp3) is 0.394. The van der Waals surface area contributed by atoms with Crippen LogP contribution in [-0.2, 0) is 4.79 Å². The standard InChI is InChI=1S/C33H32ClF3N6O2/c1-3-24(44)42-17-32(37,18-42)16-41(2)30-22-15-38-28(21-8-4-7-20-9-10-23(35)26(34)25(20)21)27(36)29(22)39-31(40-30)45-19-33-11-5-13-43(33)14-6-12-33/h3-4,7-10,15H,1,5-6,11-14,16-19H2,2H3. The number of fused-ring (bicyclic) bond motifs is 3. The number of carbonyl (C=O) groups excluding carboxylic acids is 1. The lowest BCUT2D eigenvalue weighted by molar-refractivity contribution is -0.139. The van der Waals surface area contributed by atoms with Gasteiger partial charge in [-0.2, -0.15) is 9.97 Å². The molecular weight excluding hydrogens is 605 g/mol. The second-order valence-corrected chi connectivity index (χ2v) is 12.8. The summed E-state index contributed by atoms with van der Waals surface area (Å²) in [4.78, 5) is 30.9. The van der Waals surface area contributed by atoms with Gasteiger partial charge in [0.15, 0.2) is 11.5 Å². The van der Waals surface area contributed by atoms with Crippen molar-refractivity contribution in [2.24, 2.45) is 0 Å². The summed E-state index contributed by atoms with van der Waals surface area (Å²) in [6, 6.07) is 7.92. The van der Waals surface area contributed by atoms with Crippen molar-refractivity contribution in [3.8, 4) is 17.3 Å². The van der Waals surface area contributed by atoms with Crippen molar-refractivity contribution < 1.29 is 22.7 Å². The van der Waals surface area contributed by atoms with E-state index in [1.165, 1.54) is 17.2 Å². The summed E-state index contributed by atoms with van der Waals surface area (Å²) in [7, 11) is 1.65. The molecule has 45 heavy (non-hydrogen) atoms. The number of carbonyl (C=O) groups is 1. The lowest BCUT2D eigenvalue weighted by atomic mass is 9.95. The molecule has 234 valence electrons. The number of halogens is 4. The molecule has 0 N–H and O–H groups in total. The maximum absolute atomic E-state index is 16.6. The maximum atomic E-state index is 16.6. The van der Waals surface area contributed by atoms with Gasteiger partial charge in [0, 0.05) is 24.2 Å². The molecule has 0 saturated carbocycles. The molecule has 3 aliphatic heterocycles. The molecule has 4 aromatic rings. The SMILES string of the molecule is C=CC(=O)N1CC(F)(CN(C)c2nc(OCC34CCCN3CCC4)nc3c(F)c(-c4cccc5ccc(F)c(Cl)c45)ncc23)C1. The number of hydrogen-bond donors (Lipinski definition) is 0. The Hall–Kier alpha value is -3.96. The summed E-state index contributed by atoms with van der Waals surface area (Å²) in [5, 5.41) is 1.08. The number of alkyl halides is 1. The van der Waals surface area contributed by atoms with Crippen molar-refractivity contribution in [3.05, 3.63) is 65.8 Å². The van der Waals surface area contributed by atoms with Gasteiger partial charge in [0.2, 0.25) is 5.91 Å². The van der Waals surface area contributed by atoms with Gasteiger partial charge in [0.25, 0.3) is 0 Å². The van der Waals surface area contributed by atoms with Crippen LogP contribution in [0.5, 0.6) is 6.01 Å². The van der Waals surface area contributed by atoms with E-state index in [1.807, 2.05) is 0 Å². The fourth-order valence-electron chi connectivity index (χ4n) is 7.25. The van der Waals surface area contributed by atoms with Crippen LogP contribution >= 0.6 is 11.6 Å². The predicted molar refractivity (Wildman–Crippen MR) is 167 cm³/mol.